The lowest BCUT2D eigenvalue weighted by atomic mass is 9.80. The van der Waals surface area contributed by atoms with Crippen molar-refractivity contribution in [3.63, 3.8) is 0 Å². The molecule has 1 atom stereocenters. The van der Waals surface area contributed by atoms with E-state index < -0.39 is 0 Å². The van der Waals surface area contributed by atoms with Gasteiger partial charge in [-0.3, -0.25) is 0 Å². The van der Waals surface area contributed by atoms with E-state index in [0.29, 0.717) is 5.92 Å². The minimum atomic E-state index is 0.421. The largest absolute Gasteiger partial charge is 0.0622 e. The van der Waals surface area contributed by atoms with Gasteiger partial charge in [0, 0.05) is 6.42 Å². The van der Waals surface area contributed by atoms with Crippen LogP contribution in [0.2, 0.25) is 0 Å². The molecule has 3 aliphatic carbocycles. The Balaban J connectivity index is 1.73. The van der Waals surface area contributed by atoms with Gasteiger partial charge in [-0.05, 0) is 46.6 Å². The van der Waals surface area contributed by atoms with E-state index in [1.54, 1.807) is 0 Å². The number of aryl methyl sites for hydroxylation is 1. The van der Waals surface area contributed by atoms with Crippen LogP contribution >= 0.6 is 0 Å². The molecule has 0 aliphatic heterocycles. The molecule has 1 aromatic carbocycles. The molecule has 0 heterocycles. The summed E-state index contributed by atoms with van der Waals surface area (Å²) in [5, 5.41) is 0. The first kappa shape index (κ1) is 11.7. The van der Waals surface area contributed by atoms with Crippen LogP contribution in [0.15, 0.2) is 66.7 Å². The van der Waals surface area contributed by atoms with Crippen molar-refractivity contribution in [2.24, 2.45) is 0 Å². The molecule has 0 saturated heterocycles. The average molecular weight is 256 g/mol. The van der Waals surface area contributed by atoms with Gasteiger partial charge in [0.25, 0.3) is 0 Å². The number of fused-ring (bicyclic) bond motifs is 2. The van der Waals surface area contributed by atoms with Crippen LogP contribution in [0.4, 0.5) is 0 Å². The van der Waals surface area contributed by atoms with E-state index in [2.05, 4.69) is 73.2 Å². The third-order valence-electron chi connectivity index (χ3n) is 4.25. The van der Waals surface area contributed by atoms with E-state index in [1.807, 2.05) is 0 Å². The van der Waals surface area contributed by atoms with Gasteiger partial charge < -0.3 is 0 Å². The third-order valence-corrected chi connectivity index (χ3v) is 4.25. The number of rotatable bonds is 1. The summed E-state index contributed by atoms with van der Waals surface area (Å²) in [7, 11) is 0. The molecule has 0 nitrogen and oxygen atoms in total. The molecule has 0 fully saturated rings. The molecule has 20 heavy (non-hydrogen) atoms. The summed E-state index contributed by atoms with van der Waals surface area (Å²) in [4.78, 5) is 0. The highest BCUT2D eigenvalue weighted by molar-refractivity contribution is 5.71. The van der Waals surface area contributed by atoms with Gasteiger partial charge in [-0.2, -0.15) is 0 Å². The number of hydrogen-bond acceptors (Lipinski definition) is 0. The molecule has 0 amide bonds. The van der Waals surface area contributed by atoms with Gasteiger partial charge in [0.05, 0.1) is 0 Å². The van der Waals surface area contributed by atoms with Crippen molar-refractivity contribution < 1.29 is 0 Å². The fourth-order valence-corrected chi connectivity index (χ4v) is 3.21. The fraction of sp³-hybridized carbons (Fsp3) is 0.150. The Bertz CT molecular complexity index is 711. The maximum atomic E-state index is 3.70. The van der Waals surface area contributed by atoms with E-state index in [-0.39, 0.29) is 0 Å². The maximum Gasteiger partial charge on any atom is 0.0248 e. The predicted octanol–water partition coefficient (Wildman–Crippen LogP) is 4.95. The summed E-state index contributed by atoms with van der Waals surface area (Å²) in [6.45, 7) is 0. The Labute approximate surface area is 120 Å². The fourth-order valence-electron chi connectivity index (χ4n) is 3.21. The van der Waals surface area contributed by atoms with Gasteiger partial charge >= 0.3 is 0 Å². The van der Waals surface area contributed by atoms with Crippen molar-refractivity contribution in [3.05, 3.63) is 89.8 Å². The predicted molar refractivity (Wildman–Crippen MR) is 82.9 cm³/mol. The van der Waals surface area contributed by atoms with Crippen molar-refractivity contribution in [2.45, 2.75) is 18.8 Å². The molecule has 0 bridgehead atoms. The summed E-state index contributed by atoms with van der Waals surface area (Å²) >= 11 is 0. The molecule has 0 aromatic heterocycles. The molecule has 1 unspecified atom stereocenters. The minimum absolute atomic E-state index is 0.421. The summed E-state index contributed by atoms with van der Waals surface area (Å²) in [6.07, 6.45) is 6.02. The zero-order chi connectivity index (χ0) is 13.4. The molecule has 0 saturated carbocycles. The highest BCUT2D eigenvalue weighted by Gasteiger charge is 2.23. The zero-order valence-corrected chi connectivity index (χ0v) is 11.3. The second-order valence-corrected chi connectivity index (χ2v) is 5.46. The standard InChI is InChI=1S/C20H16/c1-2-7-16-12-13-20(19(16)9-3-1)18-11-10-15-6-4-5-8-17(15)14-18/h1-9,12-13,18H,10-11H2. The van der Waals surface area contributed by atoms with Gasteiger partial charge in [-0.15, -0.1) is 0 Å². The topological polar surface area (TPSA) is 0 Å². The molecule has 1 aromatic rings. The molecule has 3 aliphatic rings. The minimum Gasteiger partial charge on any atom is -0.0622 e. The molecular formula is C20H16. The van der Waals surface area contributed by atoms with Gasteiger partial charge in [-0.1, -0.05) is 66.7 Å². The van der Waals surface area contributed by atoms with Crippen LogP contribution in [-0.4, -0.2) is 0 Å². The highest BCUT2D eigenvalue weighted by atomic mass is 14.3. The maximum absolute atomic E-state index is 3.70. The number of benzene rings is 1. The average Bonchev–Trinajstić information content (AvgIpc) is 2.75. The van der Waals surface area contributed by atoms with Crippen LogP contribution in [-0.2, 0) is 6.42 Å². The Hall–Kier alpha value is -2.08. The Kier molecular flexibility index (Phi) is 2.81. The summed E-state index contributed by atoms with van der Waals surface area (Å²) < 4.78 is 0. The van der Waals surface area contributed by atoms with Crippen molar-refractivity contribution >= 4 is 0 Å². The first-order chi connectivity index (χ1) is 9.92. The quantitative estimate of drug-likeness (QED) is 0.578. The lowest BCUT2D eigenvalue weighted by Gasteiger charge is -2.24. The van der Waals surface area contributed by atoms with Gasteiger partial charge in [0.15, 0.2) is 0 Å². The monoisotopic (exact) mass is 256 g/mol. The van der Waals surface area contributed by atoms with E-state index in [1.165, 1.54) is 27.8 Å². The Morgan fingerprint density at radius 2 is 1.65 bits per heavy atom. The first-order valence-corrected chi connectivity index (χ1v) is 7.24. The lowest BCUT2D eigenvalue weighted by molar-refractivity contribution is 0.676. The summed E-state index contributed by atoms with van der Waals surface area (Å²) in [5.41, 5.74) is 6.84. The lowest BCUT2D eigenvalue weighted by Crippen LogP contribution is -2.10. The van der Waals surface area contributed by atoms with Crippen molar-refractivity contribution in [2.75, 3.05) is 0 Å². The highest BCUT2D eigenvalue weighted by Crippen LogP contribution is 2.40. The van der Waals surface area contributed by atoms with Crippen LogP contribution in [0.3, 0.4) is 0 Å². The van der Waals surface area contributed by atoms with E-state index in [9.17, 15) is 0 Å². The molecule has 2 radical (unpaired) electrons. The van der Waals surface area contributed by atoms with Crippen LogP contribution in [0.5, 0.6) is 0 Å². The van der Waals surface area contributed by atoms with Crippen molar-refractivity contribution in [1.82, 2.24) is 0 Å². The van der Waals surface area contributed by atoms with Crippen LogP contribution in [0.25, 0.3) is 11.1 Å². The third kappa shape index (κ3) is 1.92. The molecule has 0 spiro atoms. The van der Waals surface area contributed by atoms with Crippen molar-refractivity contribution in [3.8, 4) is 11.1 Å². The second-order valence-electron chi connectivity index (χ2n) is 5.46. The smallest absolute Gasteiger partial charge is 0.0248 e. The van der Waals surface area contributed by atoms with E-state index >= 15 is 0 Å². The molecule has 0 N–H and O–H groups in total. The molecule has 96 valence electrons. The van der Waals surface area contributed by atoms with Crippen LogP contribution < -0.4 is 0 Å². The normalized spacial score (nSPS) is 17.9. The summed E-state index contributed by atoms with van der Waals surface area (Å²) in [5.74, 6) is 0.421. The van der Waals surface area contributed by atoms with Gasteiger partial charge in [0.1, 0.15) is 0 Å². The number of hydrogen-bond donors (Lipinski definition) is 0. The summed E-state index contributed by atoms with van der Waals surface area (Å²) in [6, 6.07) is 23.9. The zero-order valence-electron chi connectivity index (χ0n) is 11.3. The SMILES string of the molecule is [C]1c2ccccc2CCC1c1ccc2cccccc1-2. The van der Waals surface area contributed by atoms with Crippen molar-refractivity contribution in [1.29, 1.82) is 0 Å². The van der Waals surface area contributed by atoms with Crippen LogP contribution in [0.1, 0.15) is 29.0 Å². The Morgan fingerprint density at radius 3 is 2.65 bits per heavy atom. The van der Waals surface area contributed by atoms with Crippen LogP contribution in [0, 0.1) is 6.42 Å². The van der Waals surface area contributed by atoms with Gasteiger partial charge in [-0.25, -0.2) is 0 Å². The molecule has 0 heteroatoms. The van der Waals surface area contributed by atoms with E-state index in [4.69, 9.17) is 0 Å². The molecular weight excluding hydrogens is 240 g/mol. The second kappa shape index (κ2) is 4.79. The first-order valence-electron chi connectivity index (χ1n) is 7.24. The molecule has 4 rings (SSSR count). The van der Waals surface area contributed by atoms with Gasteiger partial charge in [0.2, 0.25) is 0 Å². The van der Waals surface area contributed by atoms with E-state index in [0.717, 1.165) is 12.8 Å². The Morgan fingerprint density at radius 1 is 0.800 bits per heavy atom.